The third-order valence-electron chi connectivity index (χ3n) is 5.85. The van der Waals surface area contributed by atoms with Gasteiger partial charge in [-0.15, -0.1) is 12.4 Å². The van der Waals surface area contributed by atoms with Gasteiger partial charge in [0.15, 0.2) is 0 Å². The van der Waals surface area contributed by atoms with E-state index in [1.54, 1.807) is 42.2 Å². The first-order chi connectivity index (χ1) is 15.6. The molecule has 0 radical (unpaired) electrons. The molecular formula is C23H22Cl3F3N4O. The van der Waals surface area contributed by atoms with Gasteiger partial charge in [-0.1, -0.05) is 35.3 Å². The Morgan fingerprint density at radius 1 is 1.15 bits per heavy atom. The van der Waals surface area contributed by atoms with Crippen LogP contribution in [0.15, 0.2) is 48.7 Å². The van der Waals surface area contributed by atoms with Gasteiger partial charge in [0.1, 0.15) is 0 Å². The maximum Gasteiger partial charge on any atom is 0.417 e. The summed E-state index contributed by atoms with van der Waals surface area (Å²) in [6, 6.07) is 10.3. The first kappa shape index (κ1) is 26.3. The predicted octanol–water partition coefficient (Wildman–Crippen LogP) is 5.71. The van der Waals surface area contributed by atoms with Crippen molar-refractivity contribution < 1.29 is 18.0 Å². The highest BCUT2D eigenvalue weighted by molar-refractivity contribution is 6.33. The van der Waals surface area contributed by atoms with Gasteiger partial charge in [0.05, 0.1) is 21.3 Å². The highest BCUT2D eigenvalue weighted by atomic mass is 35.5. The maximum absolute atomic E-state index is 13.3. The fraction of sp³-hybridized carbons (Fsp3) is 0.304. The Hall–Kier alpha value is -2.26. The van der Waals surface area contributed by atoms with Crippen molar-refractivity contribution in [3.63, 3.8) is 0 Å². The molecule has 2 aromatic carbocycles. The van der Waals surface area contributed by atoms with E-state index in [9.17, 15) is 18.0 Å². The zero-order valence-electron chi connectivity index (χ0n) is 18.0. The number of hydrogen-bond acceptors (Lipinski definition) is 3. The first-order valence-corrected chi connectivity index (χ1v) is 11.1. The summed E-state index contributed by atoms with van der Waals surface area (Å²) < 4.78 is 41.7. The second-order valence-electron chi connectivity index (χ2n) is 7.95. The van der Waals surface area contributed by atoms with Gasteiger partial charge < -0.3 is 10.6 Å². The van der Waals surface area contributed by atoms with Gasteiger partial charge in [-0.2, -0.15) is 18.3 Å². The predicted molar refractivity (Wildman–Crippen MR) is 129 cm³/mol. The van der Waals surface area contributed by atoms with Crippen molar-refractivity contribution in [2.75, 3.05) is 13.1 Å². The summed E-state index contributed by atoms with van der Waals surface area (Å²) in [6.45, 7) is 1.06. The molecule has 0 saturated carbocycles. The van der Waals surface area contributed by atoms with Crippen LogP contribution in [0.2, 0.25) is 10.0 Å². The molecular weight excluding hydrogens is 512 g/mol. The first-order valence-electron chi connectivity index (χ1n) is 10.3. The monoisotopic (exact) mass is 532 g/mol. The molecule has 1 fully saturated rings. The molecule has 1 saturated heterocycles. The van der Waals surface area contributed by atoms with E-state index in [1.807, 2.05) is 6.07 Å². The fourth-order valence-electron chi connectivity index (χ4n) is 4.15. The molecule has 0 unspecified atom stereocenters. The number of aromatic nitrogens is 2. The van der Waals surface area contributed by atoms with Crippen LogP contribution in [0.4, 0.5) is 13.2 Å². The molecule has 0 bridgehead atoms. The van der Waals surface area contributed by atoms with Gasteiger partial charge in [-0.3, -0.25) is 9.48 Å². The summed E-state index contributed by atoms with van der Waals surface area (Å²) in [7, 11) is 1.80. The number of piperidine rings is 1. The number of carbonyl (C=O) groups excluding carboxylic acids is 1. The van der Waals surface area contributed by atoms with Crippen LogP contribution in [-0.4, -0.2) is 34.8 Å². The molecule has 11 heteroatoms. The normalized spacial score (nSPS) is 18.3. The number of benzene rings is 2. The van der Waals surface area contributed by atoms with E-state index in [0.29, 0.717) is 35.7 Å². The zero-order valence-corrected chi connectivity index (χ0v) is 20.3. The SMILES string of the molecule is Cl.Cn1nccc1-c1ccc(C(=O)N[C@@H]2CNCC[C@H]2c2ccc(Cl)c(C(F)(F)F)c2)cc1Cl. The molecule has 4 rings (SSSR count). The average Bonchev–Trinajstić information content (AvgIpc) is 3.19. The minimum atomic E-state index is -4.55. The van der Waals surface area contributed by atoms with E-state index in [4.69, 9.17) is 23.2 Å². The molecule has 2 atom stereocenters. The summed E-state index contributed by atoms with van der Waals surface area (Å²) in [5, 5.41) is 10.3. The highest BCUT2D eigenvalue weighted by Gasteiger charge is 2.35. The third-order valence-corrected chi connectivity index (χ3v) is 6.49. The number of hydrogen-bond donors (Lipinski definition) is 2. The Kier molecular flexibility index (Phi) is 8.18. The van der Waals surface area contributed by atoms with Crippen LogP contribution in [0.1, 0.15) is 33.8 Å². The Morgan fingerprint density at radius 3 is 2.56 bits per heavy atom. The van der Waals surface area contributed by atoms with Gasteiger partial charge in [0.2, 0.25) is 0 Å². The number of carbonyl (C=O) groups is 1. The summed E-state index contributed by atoms with van der Waals surface area (Å²) in [6.07, 6.45) is -2.32. The Balaban J connectivity index is 0.00000324. The number of alkyl halides is 3. The van der Waals surface area contributed by atoms with E-state index in [1.165, 1.54) is 6.07 Å². The topological polar surface area (TPSA) is 59.0 Å². The Morgan fingerprint density at radius 2 is 1.91 bits per heavy atom. The molecule has 5 nitrogen and oxygen atoms in total. The standard InChI is InChI=1S/C23H21Cl2F3N4O.ClH/c1-32-21(7-9-30-32)16-4-2-14(11-19(16)25)22(33)31-20-12-29-8-6-15(20)13-3-5-18(24)17(10-13)23(26,27)28;/h2-5,7,9-11,15,20,29H,6,8,12H2,1H3,(H,31,33);1H/t15-,20+;/m0./s1. The van der Waals surface area contributed by atoms with Gasteiger partial charge >= 0.3 is 6.18 Å². The number of aryl methyl sites for hydroxylation is 1. The van der Waals surface area contributed by atoms with Crippen LogP contribution >= 0.6 is 35.6 Å². The fourth-order valence-corrected chi connectivity index (χ4v) is 4.66. The van der Waals surface area contributed by atoms with Crippen molar-refractivity contribution in [2.45, 2.75) is 24.6 Å². The second kappa shape index (κ2) is 10.6. The third kappa shape index (κ3) is 5.51. The molecule has 182 valence electrons. The largest absolute Gasteiger partial charge is 0.417 e. The van der Waals surface area contributed by atoms with Crippen LogP contribution < -0.4 is 10.6 Å². The van der Waals surface area contributed by atoms with Crippen molar-refractivity contribution >= 4 is 41.5 Å². The van der Waals surface area contributed by atoms with E-state index in [2.05, 4.69) is 15.7 Å². The lowest BCUT2D eigenvalue weighted by Crippen LogP contribution is -2.50. The lowest BCUT2D eigenvalue weighted by Gasteiger charge is -2.33. The average molecular weight is 534 g/mol. The molecule has 1 aromatic heterocycles. The lowest BCUT2D eigenvalue weighted by atomic mass is 9.85. The van der Waals surface area contributed by atoms with E-state index < -0.39 is 17.8 Å². The number of nitrogens with one attached hydrogen (secondary N) is 2. The molecule has 1 amide bonds. The molecule has 0 aliphatic carbocycles. The smallest absolute Gasteiger partial charge is 0.347 e. The van der Waals surface area contributed by atoms with Crippen molar-refractivity contribution in [2.24, 2.45) is 7.05 Å². The molecule has 1 aliphatic heterocycles. The number of rotatable bonds is 4. The lowest BCUT2D eigenvalue weighted by molar-refractivity contribution is -0.137. The molecule has 2 N–H and O–H groups in total. The minimum absolute atomic E-state index is 0. The summed E-state index contributed by atoms with van der Waals surface area (Å²) >= 11 is 12.2. The van der Waals surface area contributed by atoms with E-state index in [0.717, 1.165) is 17.3 Å². The molecule has 1 aliphatic rings. The van der Waals surface area contributed by atoms with Crippen molar-refractivity contribution in [3.05, 3.63) is 75.4 Å². The summed E-state index contributed by atoms with van der Waals surface area (Å²) in [5.74, 6) is -0.644. The Bertz CT molecular complexity index is 1180. The van der Waals surface area contributed by atoms with Gasteiger partial charge in [-0.05, 0) is 48.9 Å². The zero-order chi connectivity index (χ0) is 23.8. The molecule has 3 aromatic rings. The minimum Gasteiger partial charge on any atom is -0.347 e. The number of halogens is 6. The van der Waals surface area contributed by atoms with Crippen molar-refractivity contribution in [1.29, 1.82) is 0 Å². The van der Waals surface area contributed by atoms with E-state index >= 15 is 0 Å². The van der Waals surface area contributed by atoms with Gasteiger partial charge in [0.25, 0.3) is 5.91 Å². The second-order valence-corrected chi connectivity index (χ2v) is 8.77. The Labute approximate surface area is 211 Å². The maximum atomic E-state index is 13.3. The molecule has 2 heterocycles. The van der Waals surface area contributed by atoms with Crippen LogP contribution in [0.25, 0.3) is 11.3 Å². The molecule has 34 heavy (non-hydrogen) atoms. The van der Waals surface area contributed by atoms with Gasteiger partial charge in [0, 0.05) is 42.9 Å². The van der Waals surface area contributed by atoms with Crippen molar-refractivity contribution in [1.82, 2.24) is 20.4 Å². The van der Waals surface area contributed by atoms with Crippen molar-refractivity contribution in [3.8, 4) is 11.3 Å². The van der Waals surface area contributed by atoms with Crippen LogP contribution in [-0.2, 0) is 13.2 Å². The quantitative estimate of drug-likeness (QED) is 0.452. The summed E-state index contributed by atoms with van der Waals surface area (Å²) in [4.78, 5) is 13.0. The van der Waals surface area contributed by atoms with Crippen LogP contribution in [0, 0.1) is 0 Å². The number of nitrogens with zero attached hydrogens (tertiary/aromatic N) is 2. The molecule has 0 spiro atoms. The van der Waals surface area contributed by atoms with Crippen LogP contribution in [0.3, 0.4) is 0 Å². The number of amides is 1. The van der Waals surface area contributed by atoms with Gasteiger partial charge in [-0.25, -0.2) is 0 Å². The van der Waals surface area contributed by atoms with E-state index in [-0.39, 0.29) is 29.3 Å². The highest BCUT2D eigenvalue weighted by Crippen LogP contribution is 2.38. The summed E-state index contributed by atoms with van der Waals surface area (Å²) in [5.41, 5.74) is 1.53. The van der Waals surface area contributed by atoms with Crippen LogP contribution in [0.5, 0.6) is 0 Å².